The van der Waals surface area contributed by atoms with E-state index in [0.29, 0.717) is 24.0 Å². The molecule has 1 aliphatic rings. The van der Waals surface area contributed by atoms with Gasteiger partial charge in [-0.15, -0.1) is 0 Å². The zero-order valence-corrected chi connectivity index (χ0v) is 18.0. The third-order valence-electron chi connectivity index (χ3n) is 6.03. The van der Waals surface area contributed by atoms with Crippen LogP contribution in [0.25, 0.3) is 10.9 Å². The summed E-state index contributed by atoms with van der Waals surface area (Å²) < 4.78 is 60.9. The minimum absolute atomic E-state index is 0.0997. The number of ether oxygens (including phenoxy) is 1. The molecular formula is C24H21F4N5O. The highest BCUT2D eigenvalue weighted by atomic mass is 19.3. The van der Waals surface area contributed by atoms with Gasteiger partial charge in [0.25, 0.3) is 6.43 Å². The number of rotatable bonds is 6. The van der Waals surface area contributed by atoms with Gasteiger partial charge < -0.3 is 4.74 Å². The van der Waals surface area contributed by atoms with E-state index in [0.717, 1.165) is 30.7 Å². The van der Waals surface area contributed by atoms with Gasteiger partial charge in [-0.05, 0) is 49.7 Å². The minimum atomic E-state index is -2.63. The molecule has 2 atom stereocenters. The number of likely N-dealkylation sites (tertiary alicyclic amines) is 1. The number of aromatic amines is 1. The van der Waals surface area contributed by atoms with E-state index < -0.39 is 24.1 Å². The lowest BCUT2D eigenvalue weighted by atomic mass is 9.93. The SMILES string of the molecule is Fc1ccc(Oc2cnc3cc(C(C(F)F)N4CCCC(c5ccn[nH]5)C4)ncc3c2)c(F)c1. The largest absolute Gasteiger partial charge is 0.453 e. The van der Waals surface area contributed by atoms with Gasteiger partial charge in [-0.2, -0.15) is 5.10 Å². The number of halogens is 4. The summed E-state index contributed by atoms with van der Waals surface area (Å²) in [6.45, 7) is 1.02. The van der Waals surface area contributed by atoms with Crippen molar-refractivity contribution in [3.63, 3.8) is 0 Å². The molecule has 0 saturated carbocycles. The molecule has 1 aromatic carbocycles. The number of nitrogens with zero attached hydrogens (tertiary/aromatic N) is 4. The highest BCUT2D eigenvalue weighted by Gasteiger charge is 2.34. The van der Waals surface area contributed by atoms with E-state index in [4.69, 9.17) is 4.74 Å². The number of pyridine rings is 2. The summed E-state index contributed by atoms with van der Waals surface area (Å²) in [6, 6.07) is 6.83. The molecule has 0 radical (unpaired) electrons. The Balaban J connectivity index is 1.39. The third-order valence-corrected chi connectivity index (χ3v) is 6.03. The molecule has 0 bridgehead atoms. The van der Waals surface area contributed by atoms with Gasteiger partial charge in [0.05, 0.1) is 17.4 Å². The summed E-state index contributed by atoms with van der Waals surface area (Å²) in [6.07, 6.45) is 3.55. The molecule has 4 heterocycles. The summed E-state index contributed by atoms with van der Waals surface area (Å²) in [5.41, 5.74) is 1.64. The summed E-state index contributed by atoms with van der Waals surface area (Å²) in [7, 11) is 0. The number of piperidine rings is 1. The second-order valence-corrected chi connectivity index (χ2v) is 8.28. The quantitative estimate of drug-likeness (QED) is 0.371. The zero-order valence-electron chi connectivity index (χ0n) is 18.0. The summed E-state index contributed by atoms with van der Waals surface area (Å²) >= 11 is 0. The van der Waals surface area contributed by atoms with Crippen LogP contribution in [0.1, 0.15) is 36.2 Å². The number of fused-ring (bicyclic) bond motifs is 1. The van der Waals surface area contributed by atoms with E-state index in [1.807, 2.05) is 6.07 Å². The number of hydrogen-bond donors (Lipinski definition) is 1. The Bertz CT molecular complexity index is 1280. The maximum absolute atomic E-state index is 14.2. The Morgan fingerprint density at radius 2 is 1.94 bits per heavy atom. The van der Waals surface area contributed by atoms with Gasteiger partial charge in [0.1, 0.15) is 17.6 Å². The van der Waals surface area contributed by atoms with E-state index >= 15 is 0 Å². The molecule has 3 aromatic heterocycles. The minimum Gasteiger partial charge on any atom is -0.453 e. The van der Waals surface area contributed by atoms with Crippen LogP contribution < -0.4 is 4.74 Å². The highest BCUT2D eigenvalue weighted by molar-refractivity contribution is 5.79. The predicted molar refractivity (Wildman–Crippen MR) is 117 cm³/mol. The molecule has 0 aliphatic carbocycles. The fourth-order valence-corrected chi connectivity index (χ4v) is 4.40. The maximum atomic E-state index is 14.2. The molecule has 1 aliphatic heterocycles. The predicted octanol–water partition coefficient (Wildman–Crippen LogP) is 5.61. The fourth-order valence-electron chi connectivity index (χ4n) is 4.40. The van der Waals surface area contributed by atoms with Crippen LogP contribution in [0.5, 0.6) is 11.5 Å². The van der Waals surface area contributed by atoms with Crippen LogP contribution >= 0.6 is 0 Å². The first kappa shape index (κ1) is 22.3. The van der Waals surface area contributed by atoms with Gasteiger partial charge in [0, 0.05) is 42.0 Å². The lowest BCUT2D eigenvalue weighted by Crippen LogP contribution is -2.40. The van der Waals surface area contributed by atoms with Crippen molar-refractivity contribution < 1.29 is 22.3 Å². The first-order valence-corrected chi connectivity index (χ1v) is 10.9. The van der Waals surface area contributed by atoms with Gasteiger partial charge in [-0.1, -0.05) is 0 Å². The van der Waals surface area contributed by atoms with Crippen LogP contribution in [-0.2, 0) is 0 Å². The lowest BCUT2D eigenvalue weighted by molar-refractivity contribution is 0.00826. The van der Waals surface area contributed by atoms with Crippen LogP contribution in [0, 0.1) is 11.6 Å². The zero-order chi connectivity index (χ0) is 23.7. The van der Waals surface area contributed by atoms with Crippen molar-refractivity contribution in [1.82, 2.24) is 25.1 Å². The van der Waals surface area contributed by atoms with Crippen LogP contribution in [0.3, 0.4) is 0 Å². The second kappa shape index (κ2) is 9.38. The van der Waals surface area contributed by atoms with Gasteiger partial charge in [0.2, 0.25) is 0 Å². The van der Waals surface area contributed by atoms with Gasteiger partial charge in [-0.3, -0.25) is 20.0 Å². The van der Waals surface area contributed by atoms with E-state index in [-0.39, 0.29) is 23.1 Å². The Labute approximate surface area is 192 Å². The van der Waals surface area contributed by atoms with Crippen molar-refractivity contribution in [2.45, 2.75) is 31.2 Å². The van der Waals surface area contributed by atoms with E-state index in [1.165, 1.54) is 18.5 Å². The molecule has 1 saturated heterocycles. The van der Waals surface area contributed by atoms with Crippen molar-refractivity contribution in [3.05, 3.63) is 78.0 Å². The second-order valence-electron chi connectivity index (χ2n) is 8.28. The Morgan fingerprint density at radius 3 is 2.71 bits per heavy atom. The first-order chi connectivity index (χ1) is 16.5. The molecule has 6 nitrogen and oxygen atoms in total. The van der Waals surface area contributed by atoms with Crippen molar-refractivity contribution in [1.29, 1.82) is 0 Å². The van der Waals surface area contributed by atoms with Crippen LogP contribution in [-0.4, -0.2) is 44.6 Å². The summed E-state index contributed by atoms with van der Waals surface area (Å²) in [4.78, 5) is 10.4. The monoisotopic (exact) mass is 471 g/mol. The summed E-state index contributed by atoms with van der Waals surface area (Å²) in [5.74, 6) is -1.39. The molecule has 10 heteroatoms. The number of nitrogens with one attached hydrogen (secondary N) is 1. The summed E-state index contributed by atoms with van der Waals surface area (Å²) in [5, 5.41) is 7.47. The molecule has 176 valence electrons. The third kappa shape index (κ3) is 4.58. The molecule has 1 N–H and O–H groups in total. The molecule has 0 spiro atoms. The average Bonchev–Trinajstić information content (AvgIpc) is 3.36. The number of benzene rings is 1. The van der Waals surface area contributed by atoms with Crippen LogP contribution in [0.15, 0.2) is 55.0 Å². The van der Waals surface area contributed by atoms with Crippen LogP contribution in [0.2, 0.25) is 0 Å². The Morgan fingerprint density at radius 1 is 1.06 bits per heavy atom. The average molecular weight is 471 g/mol. The number of aromatic nitrogens is 4. The van der Waals surface area contributed by atoms with Gasteiger partial charge in [-0.25, -0.2) is 17.6 Å². The normalized spacial score (nSPS) is 17.9. The lowest BCUT2D eigenvalue weighted by Gasteiger charge is -2.37. The fraction of sp³-hybridized carbons (Fsp3) is 0.292. The van der Waals surface area contributed by atoms with Crippen molar-refractivity contribution in [2.75, 3.05) is 13.1 Å². The van der Waals surface area contributed by atoms with Crippen molar-refractivity contribution in [2.24, 2.45) is 0 Å². The smallest absolute Gasteiger partial charge is 0.259 e. The van der Waals surface area contributed by atoms with Gasteiger partial charge in [0.15, 0.2) is 11.6 Å². The van der Waals surface area contributed by atoms with E-state index in [9.17, 15) is 17.6 Å². The molecule has 34 heavy (non-hydrogen) atoms. The highest BCUT2D eigenvalue weighted by Crippen LogP contribution is 2.35. The maximum Gasteiger partial charge on any atom is 0.259 e. The van der Waals surface area contributed by atoms with Crippen LogP contribution in [0.4, 0.5) is 17.6 Å². The van der Waals surface area contributed by atoms with Gasteiger partial charge >= 0.3 is 0 Å². The molecule has 1 fully saturated rings. The Hall–Kier alpha value is -3.53. The molecule has 0 amide bonds. The van der Waals surface area contributed by atoms with E-state index in [2.05, 4.69) is 20.2 Å². The molecule has 4 aromatic rings. The molecule has 2 unspecified atom stereocenters. The van der Waals surface area contributed by atoms with Crippen molar-refractivity contribution >= 4 is 10.9 Å². The number of alkyl halides is 2. The number of H-pyrrole nitrogens is 1. The molecular weight excluding hydrogens is 450 g/mol. The standard InChI is InChI=1S/C24H21F4N5O/c25-16-3-4-22(18(26)9-16)34-17-8-15-11-29-21(10-20(15)30-12-17)23(24(27)28)33-7-1-2-14(13-33)19-5-6-31-32-19/h3-6,8-12,14,23-24H,1-2,7,13H2,(H,31,32). The van der Waals surface area contributed by atoms with Crippen molar-refractivity contribution in [3.8, 4) is 11.5 Å². The topological polar surface area (TPSA) is 66.9 Å². The van der Waals surface area contributed by atoms with E-state index in [1.54, 1.807) is 23.2 Å². The number of hydrogen-bond acceptors (Lipinski definition) is 5. The first-order valence-electron chi connectivity index (χ1n) is 10.9. The Kier molecular flexibility index (Phi) is 6.14. The molecule has 5 rings (SSSR count).